The molecule has 0 bridgehead atoms. The van der Waals surface area contributed by atoms with Gasteiger partial charge in [-0.25, -0.2) is 18.2 Å². The van der Waals surface area contributed by atoms with Crippen LogP contribution < -0.4 is 5.69 Å². The zero-order valence-corrected chi connectivity index (χ0v) is 14.4. The molecule has 1 aliphatic heterocycles. The highest BCUT2D eigenvalue weighted by atomic mass is 32.2. The van der Waals surface area contributed by atoms with Gasteiger partial charge in [-0.1, -0.05) is 0 Å². The van der Waals surface area contributed by atoms with E-state index in [2.05, 4.69) is 24.8 Å². The molecule has 3 heterocycles. The molecule has 1 aliphatic rings. The van der Waals surface area contributed by atoms with Gasteiger partial charge in [-0.15, -0.1) is 0 Å². The largest absolute Gasteiger partial charge is 0.347 e. The van der Waals surface area contributed by atoms with Crippen molar-refractivity contribution < 1.29 is 8.42 Å². The summed E-state index contributed by atoms with van der Waals surface area (Å²) in [6, 6.07) is 4.47. The molecule has 3 N–H and O–H groups in total. The highest BCUT2D eigenvalue weighted by Gasteiger charge is 2.34. The molecule has 0 unspecified atom stereocenters. The summed E-state index contributed by atoms with van der Waals surface area (Å²) in [7, 11) is -1.71. The molecule has 0 radical (unpaired) electrons. The van der Waals surface area contributed by atoms with Gasteiger partial charge in [0.05, 0.1) is 22.0 Å². The molecule has 0 spiro atoms. The highest BCUT2D eigenvalue weighted by Crippen LogP contribution is 2.26. The highest BCUT2D eigenvalue weighted by molar-refractivity contribution is 7.89. The second kappa shape index (κ2) is 5.83. The number of aromatic nitrogens is 4. The van der Waals surface area contributed by atoms with Crippen LogP contribution in [0.3, 0.4) is 0 Å². The number of rotatable bonds is 3. The lowest BCUT2D eigenvalue weighted by molar-refractivity contribution is 0.142. The SMILES string of the molecule is CN1CCN(S(=O)(=O)c2ccc3[nH]c(=O)[nH]c3c2)C[C@@H]1c1ncc[nH]1. The average molecular weight is 362 g/mol. The standard InChI is InChI=1S/C15H18N6O3S/c1-20-6-7-21(9-13(20)14-16-4-5-17-14)25(23,24)10-2-3-11-12(8-10)19-15(22)18-11/h2-5,8,13H,6-7,9H2,1H3,(H,16,17)(H2,18,19,22)/t13-/m1/s1. The molecule has 1 saturated heterocycles. The monoisotopic (exact) mass is 362 g/mol. The second-order valence-electron chi connectivity index (χ2n) is 6.12. The van der Waals surface area contributed by atoms with Gasteiger partial charge in [0.1, 0.15) is 5.82 Å². The van der Waals surface area contributed by atoms with Crippen LogP contribution in [-0.4, -0.2) is 64.2 Å². The van der Waals surface area contributed by atoms with Crippen molar-refractivity contribution in [2.75, 3.05) is 26.7 Å². The Morgan fingerprint density at radius 2 is 2.00 bits per heavy atom. The number of fused-ring (bicyclic) bond motifs is 1. The van der Waals surface area contributed by atoms with Crippen molar-refractivity contribution in [3.8, 4) is 0 Å². The van der Waals surface area contributed by atoms with Crippen molar-refractivity contribution in [1.82, 2.24) is 29.1 Å². The van der Waals surface area contributed by atoms with E-state index in [1.54, 1.807) is 18.5 Å². The van der Waals surface area contributed by atoms with Crippen molar-refractivity contribution >= 4 is 21.1 Å². The topological polar surface area (TPSA) is 118 Å². The third kappa shape index (κ3) is 2.77. The molecule has 9 nitrogen and oxygen atoms in total. The molecule has 4 rings (SSSR count). The van der Waals surface area contributed by atoms with Crippen molar-refractivity contribution in [2.45, 2.75) is 10.9 Å². The summed E-state index contributed by atoms with van der Waals surface area (Å²) in [6.45, 7) is 1.32. The van der Waals surface area contributed by atoms with Crippen molar-refractivity contribution in [2.24, 2.45) is 0 Å². The molecule has 10 heteroatoms. The Balaban J connectivity index is 1.67. The van der Waals surface area contributed by atoms with E-state index in [0.717, 1.165) is 5.82 Å². The minimum atomic E-state index is -3.66. The summed E-state index contributed by atoms with van der Waals surface area (Å²) < 4.78 is 27.5. The fourth-order valence-electron chi connectivity index (χ4n) is 3.14. The van der Waals surface area contributed by atoms with Crippen LogP contribution in [0, 0.1) is 0 Å². The van der Waals surface area contributed by atoms with Crippen LogP contribution in [0.4, 0.5) is 0 Å². The predicted octanol–water partition coefficient (Wildman–Crippen LogP) is 0.257. The molecule has 25 heavy (non-hydrogen) atoms. The Labute approximate surface area is 143 Å². The van der Waals surface area contributed by atoms with E-state index in [1.165, 1.54) is 16.4 Å². The molecule has 0 saturated carbocycles. The zero-order chi connectivity index (χ0) is 17.6. The summed E-state index contributed by atoms with van der Waals surface area (Å²) in [4.78, 5) is 26.1. The van der Waals surface area contributed by atoms with Gasteiger partial charge >= 0.3 is 5.69 Å². The number of likely N-dealkylation sites (N-methyl/N-ethyl adjacent to an activating group) is 1. The van der Waals surface area contributed by atoms with E-state index in [4.69, 9.17) is 0 Å². The van der Waals surface area contributed by atoms with Gasteiger partial charge in [-0.2, -0.15) is 4.31 Å². The maximum Gasteiger partial charge on any atom is 0.323 e. The van der Waals surface area contributed by atoms with Gasteiger partial charge in [-0.05, 0) is 25.2 Å². The summed E-state index contributed by atoms with van der Waals surface area (Å²) >= 11 is 0. The zero-order valence-electron chi connectivity index (χ0n) is 13.6. The van der Waals surface area contributed by atoms with E-state index >= 15 is 0 Å². The van der Waals surface area contributed by atoms with Gasteiger partial charge in [0.25, 0.3) is 0 Å². The van der Waals surface area contributed by atoms with Gasteiger partial charge in [0.2, 0.25) is 10.0 Å². The first kappa shape index (κ1) is 16.1. The first-order chi connectivity index (χ1) is 11.9. The maximum absolute atomic E-state index is 13.0. The Hall–Kier alpha value is -2.43. The molecule has 0 amide bonds. The average Bonchev–Trinajstić information content (AvgIpc) is 3.22. The molecular formula is C15H18N6O3S. The fourth-order valence-corrected chi connectivity index (χ4v) is 4.61. The van der Waals surface area contributed by atoms with E-state index in [-0.39, 0.29) is 16.6 Å². The number of sulfonamides is 1. The molecular weight excluding hydrogens is 344 g/mol. The number of piperazine rings is 1. The Morgan fingerprint density at radius 3 is 2.76 bits per heavy atom. The summed E-state index contributed by atoms with van der Waals surface area (Å²) in [5.74, 6) is 0.743. The number of hydrogen-bond acceptors (Lipinski definition) is 5. The van der Waals surface area contributed by atoms with E-state index in [0.29, 0.717) is 30.7 Å². The van der Waals surface area contributed by atoms with E-state index < -0.39 is 10.0 Å². The normalized spacial score (nSPS) is 20.3. The van der Waals surface area contributed by atoms with Gasteiger partial charge < -0.3 is 15.0 Å². The van der Waals surface area contributed by atoms with Crippen LogP contribution in [0.2, 0.25) is 0 Å². The van der Waals surface area contributed by atoms with Crippen LogP contribution in [-0.2, 0) is 10.0 Å². The van der Waals surface area contributed by atoms with E-state index in [9.17, 15) is 13.2 Å². The van der Waals surface area contributed by atoms with Crippen LogP contribution in [0.5, 0.6) is 0 Å². The van der Waals surface area contributed by atoms with Gasteiger partial charge in [0.15, 0.2) is 0 Å². The van der Waals surface area contributed by atoms with Gasteiger partial charge in [-0.3, -0.25) is 4.90 Å². The minimum absolute atomic E-state index is 0.130. The summed E-state index contributed by atoms with van der Waals surface area (Å²) in [6.07, 6.45) is 3.39. The smallest absolute Gasteiger partial charge is 0.323 e. The minimum Gasteiger partial charge on any atom is -0.347 e. The van der Waals surface area contributed by atoms with Crippen LogP contribution >= 0.6 is 0 Å². The molecule has 2 aromatic heterocycles. The molecule has 132 valence electrons. The van der Waals surface area contributed by atoms with Gasteiger partial charge in [0, 0.05) is 32.0 Å². The van der Waals surface area contributed by atoms with E-state index in [1.807, 2.05) is 7.05 Å². The first-order valence-electron chi connectivity index (χ1n) is 7.87. The molecule has 1 aromatic carbocycles. The number of H-pyrrole nitrogens is 3. The number of benzene rings is 1. The quantitative estimate of drug-likeness (QED) is 0.618. The Bertz CT molecular complexity index is 1050. The third-order valence-electron chi connectivity index (χ3n) is 4.57. The van der Waals surface area contributed by atoms with Crippen molar-refractivity contribution in [3.05, 3.63) is 46.9 Å². The Morgan fingerprint density at radius 1 is 1.20 bits per heavy atom. The van der Waals surface area contributed by atoms with Crippen LogP contribution in [0.25, 0.3) is 11.0 Å². The number of aromatic amines is 3. The Kier molecular flexibility index (Phi) is 3.74. The lowest BCUT2D eigenvalue weighted by atomic mass is 10.2. The van der Waals surface area contributed by atoms with Crippen LogP contribution in [0.15, 0.2) is 40.3 Å². The molecule has 3 aromatic rings. The third-order valence-corrected chi connectivity index (χ3v) is 6.43. The summed E-state index contributed by atoms with van der Waals surface area (Å²) in [5.41, 5.74) is 0.695. The number of nitrogens with one attached hydrogen (secondary N) is 3. The summed E-state index contributed by atoms with van der Waals surface area (Å²) in [5, 5.41) is 0. The number of hydrogen-bond donors (Lipinski definition) is 3. The second-order valence-corrected chi connectivity index (χ2v) is 8.06. The lowest BCUT2D eigenvalue weighted by Gasteiger charge is -2.37. The fraction of sp³-hybridized carbons (Fsp3) is 0.333. The predicted molar refractivity (Wildman–Crippen MR) is 91.6 cm³/mol. The van der Waals surface area contributed by atoms with Crippen molar-refractivity contribution in [3.63, 3.8) is 0 Å². The molecule has 1 fully saturated rings. The molecule has 1 atom stereocenters. The number of nitrogens with zero attached hydrogens (tertiary/aromatic N) is 3. The number of imidazole rings is 2. The van der Waals surface area contributed by atoms with Crippen LogP contribution in [0.1, 0.15) is 11.9 Å². The lowest BCUT2D eigenvalue weighted by Crippen LogP contribution is -2.49. The van der Waals surface area contributed by atoms with Crippen molar-refractivity contribution in [1.29, 1.82) is 0 Å². The maximum atomic E-state index is 13.0. The molecule has 0 aliphatic carbocycles. The first-order valence-corrected chi connectivity index (χ1v) is 9.31.